The molecule has 0 spiro atoms. The van der Waals surface area contributed by atoms with Crippen LogP contribution in [0.1, 0.15) is 42.1 Å². The molecule has 0 bridgehead atoms. The van der Waals surface area contributed by atoms with E-state index in [0.29, 0.717) is 31.0 Å². The van der Waals surface area contributed by atoms with Crippen LogP contribution in [0.4, 0.5) is 0 Å². The molecule has 2 amide bonds. The van der Waals surface area contributed by atoms with Gasteiger partial charge in [0, 0.05) is 52.3 Å². The normalized spacial score (nSPS) is 15.4. The molecule has 0 aliphatic carbocycles. The monoisotopic (exact) mass is 373 g/mol. The summed E-state index contributed by atoms with van der Waals surface area (Å²) in [5.74, 6) is 1.39. The highest BCUT2D eigenvalue weighted by Crippen LogP contribution is 2.20. The summed E-state index contributed by atoms with van der Waals surface area (Å²) in [7, 11) is 3.48. The Morgan fingerprint density at radius 1 is 1.15 bits per heavy atom. The van der Waals surface area contributed by atoms with Gasteiger partial charge in [0.05, 0.1) is 0 Å². The van der Waals surface area contributed by atoms with Crippen molar-refractivity contribution in [2.75, 3.05) is 33.7 Å². The lowest BCUT2D eigenvalue weighted by Crippen LogP contribution is -2.45. The van der Waals surface area contributed by atoms with E-state index in [1.165, 1.54) is 0 Å². The first-order valence-corrected chi connectivity index (χ1v) is 9.60. The fourth-order valence-corrected chi connectivity index (χ4v) is 3.26. The molecule has 3 N–H and O–H groups in total. The van der Waals surface area contributed by atoms with Crippen LogP contribution in [0.3, 0.4) is 0 Å². The molecule has 0 atom stereocenters. The van der Waals surface area contributed by atoms with Gasteiger partial charge in [0.2, 0.25) is 5.91 Å². The summed E-state index contributed by atoms with van der Waals surface area (Å²) in [6.45, 7) is 4.98. The smallest absolute Gasteiger partial charge is 0.251 e. The number of nitrogens with one attached hydrogen (secondary N) is 3. The van der Waals surface area contributed by atoms with E-state index in [2.05, 4.69) is 25.8 Å². The van der Waals surface area contributed by atoms with Gasteiger partial charge < -0.3 is 20.9 Å². The number of likely N-dealkylation sites (tertiary alicyclic amines) is 1. The Bertz CT molecular complexity index is 649. The molecule has 148 valence electrons. The number of carbonyl (C=O) groups is 2. The number of amides is 2. The number of nitrogens with zero attached hydrogens (tertiary/aromatic N) is 2. The third-order valence-corrected chi connectivity index (χ3v) is 4.88. The molecule has 7 nitrogen and oxygen atoms in total. The number of aliphatic imine (C=N–C) groups is 1. The van der Waals surface area contributed by atoms with E-state index in [4.69, 9.17) is 0 Å². The predicted octanol–water partition coefficient (Wildman–Crippen LogP) is 1.36. The average molecular weight is 374 g/mol. The van der Waals surface area contributed by atoms with E-state index in [0.717, 1.165) is 37.5 Å². The third kappa shape index (κ3) is 6.27. The highest BCUT2D eigenvalue weighted by Gasteiger charge is 2.23. The van der Waals surface area contributed by atoms with Crippen molar-refractivity contribution in [1.29, 1.82) is 0 Å². The zero-order valence-electron chi connectivity index (χ0n) is 16.5. The van der Waals surface area contributed by atoms with Crippen molar-refractivity contribution in [3.8, 4) is 0 Å². The summed E-state index contributed by atoms with van der Waals surface area (Å²) in [5.41, 5.74) is 1.77. The Balaban J connectivity index is 1.82. The number of piperidine rings is 1. The molecule has 1 saturated heterocycles. The molecule has 1 aliphatic heterocycles. The number of carbonyl (C=O) groups excluding carboxylic acids is 2. The van der Waals surface area contributed by atoms with Crippen LogP contribution in [0.5, 0.6) is 0 Å². The number of benzene rings is 1. The van der Waals surface area contributed by atoms with Gasteiger partial charge in [0.1, 0.15) is 0 Å². The van der Waals surface area contributed by atoms with E-state index in [1.54, 1.807) is 14.1 Å². The van der Waals surface area contributed by atoms with Gasteiger partial charge in [-0.25, -0.2) is 0 Å². The molecule has 1 aliphatic rings. The Labute approximate surface area is 161 Å². The van der Waals surface area contributed by atoms with E-state index in [-0.39, 0.29) is 11.8 Å². The molecule has 0 radical (unpaired) electrons. The SMILES string of the molecule is CCNC(=O)c1ccc(CNC(=NC)N2CCC(CC(=O)NC)CC2)cc1. The third-order valence-electron chi connectivity index (χ3n) is 4.88. The van der Waals surface area contributed by atoms with Crippen molar-refractivity contribution >= 4 is 17.8 Å². The summed E-state index contributed by atoms with van der Waals surface area (Å²) < 4.78 is 0. The molecule has 27 heavy (non-hydrogen) atoms. The largest absolute Gasteiger partial charge is 0.359 e. The van der Waals surface area contributed by atoms with Gasteiger partial charge in [-0.1, -0.05) is 12.1 Å². The molecule has 1 fully saturated rings. The maximum atomic E-state index is 11.8. The van der Waals surface area contributed by atoms with Gasteiger partial charge in [0.25, 0.3) is 5.91 Å². The van der Waals surface area contributed by atoms with Crippen LogP contribution in [-0.2, 0) is 11.3 Å². The van der Waals surface area contributed by atoms with Gasteiger partial charge in [-0.3, -0.25) is 14.6 Å². The van der Waals surface area contributed by atoms with E-state index in [1.807, 2.05) is 31.2 Å². The Morgan fingerprint density at radius 2 is 1.81 bits per heavy atom. The first-order chi connectivity index (χ1) is 13.1. The van der Waals surface area contributed by atoms with Crippen LogP contribution in [0.2, 0.25) is 0 Å². The summed E-state index contributed by atoms with van der Waals surface area (Å²) in [6.07, 6.45) is 2.60. The van der Waals surface area contributed by atoms with Gasteiger partial charge in [-0.05, 0) is 43.4 Å². The lowest BCUT2D eigenvalue weighted by molar-refractivity contribution is -0.121. The van der Waals surface area contributed by atoms with Crippen molar-refractivity contribution in [2.45, 2.75) is 32.7 Å². The number of rotatable bonds is 6. The van der Waals surface area contributed by atoms with E-state index in [9.17, 15) is 9.59 Å². The fraction of sp³-hybridized carbons (Fsp3) is 0.550. The lowest BCUT2D eigenvalue weighted by atomic mass is 9.93. The summed E-state index contributed by atoms with van der Waals surface area (Å²) >= 11 is 0. The zero-order chi connectivity index (χ0) is 19.6. The molecular weight excluding hydrogens is 342 g/mol. The summed E-state index contributed by atoms with van der Waals surface area (Å²) in [5, 5.41) is 8.89. The molecule has 2 rings (SSSR count). The molecule has 0 saturated carbocycles. The minimum Gasteiger partial charge on any atom is -0.359 e. The Hall–Kier alpha value is -2.57. The van der Waals surface area contributed by atoms with Crippen molar-refractivity contribution in [1.82, 2.24) is 20.9 Å². The van der Waals surface area contributed by atoms with Crippen LogP contribution in [-0.4, -0.2) is 56.4 Å². The minimum atomic E-state index is -0.0487. The van der Waals surface area contributed by atoms with E-state index < -0.39 is 0 Å². The first kappa shape index (κ1) is 20.7. The lowest BCUT2D eigenvalue weighted by Gasteiger charge is -2.34. The maximum Gasteiger partial charge on any atom is 0.251 e. The molecule has 1 aromatic carbocycles. The maximum absolute atomic E-state index is 11.8. The standard InChI is InChI=1S/C20H31N5O2/c1-4-23-19(27)17-7-5-16(6-8-17)14-24-20(22-3)25-11-9-15(10-12-25)13-18(26)21-2/h5-8,15H,4,9-14H2,1-3H3,(H,21,26)(H,22,24)(H,23,27). The Kier molecular flexibility index (Phi) is 8.10. The molecule has 0 unspecified atom stereocenters. The summed E-state index contributed by atoms with van der Waals surface area (Å²) in [4.78, 5) is 30.0. The molecule has 7 heteroatoms. The summed E-state index contributed by atoms with van der Waals surface area (Å²) in [6, 6.07) is 7.60. The second-order valence-corrected chi connectivity index (χ2v) is 6.76. The topological polar surface area (TPSA) is 85.8 Å². The van der Waals surface area contributed by atoms with Crippen LogP contribution in [0.25, 0.3) is 0 Å². The second kappa shape index (κ2) is 10.5. The van der Waals surface area contributed by atoms with Crippen molar-refractivity contribution in [2.24, 2.45) is 10.9 Å². The fourth-order valence-electron chi connectivity index (χ4n) is 3.26. The molecule has 1 heterocycles. The van der Waals surface area contributed by atoms with Gasteiger partial charge in [-0.15, -0.1) is 0 Å². The highest BCUT2D eigenvalue weighted by atomic mass is 16.2. The first-order valence-electron chi connectivity index (χ1n) is 9.60. The Morgan fingerprint density at radius 3 is 2.37 bits per heavy atom. The van der Waals surface area contributed by atoms with Crippen molar-refractivity contribution in [3.05, 3.63) is 35.4 Å². The average Bonchev–Trinajstić information content (AvgIpc) is 2.70. The van der Waals surface area contributed by atoms with E-state index >= 15 is 0 Å². The van der Waals surface area contributed by atoms with Gasteiger partial charge >= 0.3 is 0 Å². The highest BCUT2D eigenvalue weighted by molar-refractivity contribution is 5.94. The number of guanidine groups is 1. The van der Waals surface area contributed by atoms with Crippen LogP contribution in [0, 0.1) is 5.92 Å². The van der Waals surface area contributed by atoms with Crippen molar-refractivity contribution in [3.63, 3.8) is 0 Å². The zero-order valence-corrected chi connectivity index (χ0v) is 16.5. The molecular formula is C20H31N5O2. The predicted molar refractivity (Wildman–Crippen MR) is 108 cm³/mol. The molecule has 0 aromatic heterocycles. The van der Waals surface area contributed by atoms with Crippen LogP contribution >= 0.6 is 0 Å². The number of hydrogen-bond donors (Lipinski definition) is 3. The van der Waals surface area contributed by atoms with Crippen molar-refractivity contribution < 1.29 is 9.59 Å². The van der Waals surface area contributed by atoms with Crippen LogP contribution in [0.15, 0.2) is 29.3 Å². The minimum absolute atomic E-state index is 0.0487. The van der Waals surface area contributed by atoms with Crippen LogP contribution < -0.4 is 16.0 Å². The second-order valence-electron chi connectivity index (χ2n) is 6.76. The quantitative estimate of drug-likeness (QED) is 0.519. The van der Waals surface area contributed by atoms with Gasteiger partial charge in [-0.2, -0.15) is 0 Å². The molecule has 1 aromatic rings. The van der Waals surface area contributed by atoms with Gasteiger partial charge in [0.15, 0.2) is 5.96 Å². The number of hydrogen-bond acceptors (Lipinski definition) is 3.